The van der Waals surface area contributed by atoms with Crippen molar-refractivity contribution in [3.63, 3.8) is 0 Å². The molecule has 2 aromatic heterocycles. The summed E-state index contributed by atoms with van der Waals surface area (Å²) in [5.74, 6) is 1.24. The monoisotopic (exact) mass is 513 g/mol. The molecule has 1 amide bonds. The van der Waals surface area contributed by atoms with Crippen LogP contribution in [-0.2, 0) is 4.74 Å². The summed E-state index contributed by atoms with van der Waals surface area (Å²) in [6, 6.07) is 7.65. The normalized spacial score (nSPS) is 21.8. The number of rotatable bonds is 6. The quantitative estimate of drug-likeness (QED) is 0.406. The molecule has 5 rings (SSSR count). The minimum absolute atomic E-state index is 0.0122. The molecule has 0 unspecified atom stereocenters. The Bertz CT molecular complexity index is 1240. The van der Waals surface area contributed by atoms with Crippen molar-refractivity contribution in [2.75, 3.05) is 30.9 Å². The number of carbonyl (C=O) groups is 1. The SMILES string of the molecule is CN(C(=O)O)[C@H]1CC[C@H](n2c(Nc3cccc(Cl)c3)nc3cnc(NC4(C)CCOCC4)nc32)CC1. The molecule has 11 heteroatoms. The van der Waals surface area contributed by atoms with Crippen LogP contribution in [0.15, 0.2) is 30.5 Å². The van der Waals surface area contributed by atoms with E-state index < -0.39 is 6.09 Å². The summed E-state index contributed by atoms with van der Waals surface area (Å²) in [6.07, 6.45) is 5.83. The van der Waals surface area contributed by atoms with Crippen molar-refractivity contribution >= 4 is 46.4 Å². The molecule has 1 aromatic carbocycles. The average Bonchev–Trinajstić information content (AvgIpc) is 3.20. The van der Waals surface area contributed by atoms with Crippen molar-refractivity contribution < 1.29 is 14.6 Å². The first-order valence-electron chi connectivity index (χ1n) is 12.4. The van der Waals surface area contributed by atoms with Gasteiger partial charge in [0.15, 0.2) is 5.65 Å². The average molecular weight is 514 g/mol. The maximum atomic E-state index is 11.5. The molecule has 1 aliphatic carbocycles. The largest absolute Gasteiger partial charge is 0.465 e. The van der Waals surface area contributed by atoms with Gasteiger partial charge in [-0.1, -0.05) is 17.7 Å². The second-order valence-electron chi connectivity index (χ2n) is 10.00. The van der Waals surface area contributed by atoms with Crippen molar-refractivity contribution in [3.8, 4) is 0 Å². The Morgan fingerprint density at radius 3 is 2.67 bits per heavy atom. The fourth-order valence-corrected chi connectivity index (χ4v) is 5.35. The smallest absolute Gasteiger partial charge is 0.407 e. The van der Waals surface area contributed by atoms with Crippen LogP contribution in [0.25, 0.3) is 11.2 Å². The highest BCUT2D eigenvalue weighted by Gasteiger charge is 2.31. The van der Waals surface area contributed by atoms with Gasteiger partial charge in [-0.15, -0.1) is 0 Å². The number of ether oxygens (including phenoxy) is 1. The van der Waals surface area contributed by atoms with Crippen molar-refractivity contribution in [1.82, 2.24) is 24.4 Å². The number of fused-ring (bicyclic) bond motifs is 1. The molecule has 0 radical (unpaired) electrons. The summed E-state index contributed by atoms with van der Waals surface area (Å²) in [6.45, 7) is 3.60. The molecule has 36 heavy (non-hydrogen) atoms. The van der Waals surface area contributed by atoms with Gasteiger partial charge in [0.05, 0.1) is 6.20 Å². The molecule has 0 atom stereocenters. The minimum Gasteiger partial charge on any atom is -0.465 e. The van der Waals surface area contributed by atoms with E-state index in [9.17, 15) is 9.90 Å². The topological polar surface area (TPSA) is 117 Å². The van der Waals surface area contributed by atoms with Crippen LogP contribution in [0.3, 0.4) is 0 Å². The van der Waals surface area contributed by atoms with Crippen molar-refractivity contribution in [1.29, 1.82) is 0 Å². The highest BCUT2D eigenvalue weighted by molar-refractivity contribution is 6.30. The van der Waals surface area contributed by atoms with Gasteiger partial charge in [0.25, 0.3) is 0 Å². The van der Waals surface area contributed by atoms with E-state index in [2.05, 4.69) is 27.1 Å². The molecule has 192 valence electrons. The molecule has 1 saturated carbocycles. The molecule has 10 nitrogen and oxygen atoms in total. The molecule has 3 N–H and O–H groups in total. The number of hydrogen-bond donors (Lipinski definition) is 3. The number of nitrogens with one attached hydrogen (secondary N) is 2. The number of hydrogen-bond acceptors (Lipinski definition) is 7. The molecule has 1 aliphatic heterocycles. The van der Waals surface area contributed by atoms with Gasteiger partial charge in [0, 0.05) is 48.6 Å². The third-order valence-corrected chi connectivity index (χ3v) is 7.64. The number of nitrogens with zero attached hydrogens (tertiary/aromatic N) is 5. The lowest BCUT2D eigenvalue weighted by Gasteiger charge is -2.35. The number of benzene rings is 1. The van der Waals surface area contributed by atoms with Crippen molar-refractivity contribution in [3.05, 3.63) is 35.5 Å². The molecule has 3 aromatic rings. The highest BCUT2D eigenvalue weighted by Crippen LogP contribution is 2.36. The van der Waals surface area contributed by atoms with Crippen LogP contribution < -0.4 is 10.6 Å². The summed E-state index contributed by atoms with van der Waals surface area (Å²) >= 11 is 6.22. The maximum Gasteiger partial charge on any atom is 0.407 e. The van der Waals surface area contributed by atoms with Crippen LogP contribution in [0.5, 0.6) is 0 Å². The maximum absolute atomic E-state index is 11.5. The number of halogens is 1. The van der Waals surface area contributed by atoms with Gasteiger partial charge in [-0.2, -0.15) is 4.98 Å². The third-order valence-electron chi connectivity index (χ3n) is 7.40. The first kappa shape index (κ1) is 24.6. The van der Waals surface area contributed by atoms with Gasteiger partial charge in [0.2, 0.25) is 11.9 Å². The lowest BCUT2D eigenvalue weighted by Crippen LogP contribution is -2.41. The lowest BCUT2D eigenvalue weighted by atomic mass is 9.90. The highest BCUT2D eigenvalue weighted by atomic mass is 35.5. The molecule has 0 spiro atoms. The fourth-order valence-electron chi connectivity index (χ4n) is 5.16. The second-order valence-corrected chi connectivity index (χ2v) is 10.4. The van der Waals surface area contributed by atoms with E-state index in [1.165, 1.54) is 4.90 Å². The number of anilines is 3. The zero-order chi connectivity index (χ0) is 25.3. The number of aromatic nitrogens is 4. The van der Waals surface area contributed by atoms with Crippen LogP contribution in [0, 0.1) is 0 Å². The predicted molar refractivity (Wildman–Crippen MR) is 139 cm³/mol. The van der Waals surface area contributed by atoms with Crippen LogP contribution in [0.4, 0.5) is 22.4 Å². The van der Waals surface area contributed by atoms with Crippen molar-refractivity contribution in [2.45, 2.75) is 63.1 Å². The summed E-state index contributed by atoms with van der Waals surface area (Å²) in [4.78, 5) is 27.2. The first-order chi connectivity index (χ1) is 17.3. The number of amides is 1. The van der Waals surface area contributed by atoms with Gasteiger partial charge in [-0.25, -0.2) is 14.8 Å². The molecule has 0 bridgehead atoms. The summed E-state index contributed by atoms with van der Waals surface area (Å²) in [7, 11) is 1.65. The van der Waals surface area contributed by atoms with Gasteiger partial charge in [-0.3, -0.25) is 4.57 Å². The minimum atomic E-state index is -0.889. The first-order valence-corrected chi connectivity index (χ1v) is 12.8. The van der Waals surface area contributed by atoms with E-state index in [0.717, 1.165) is 49.9 Å². The van der Waals surface area contributed by atoms with Crippen LogP contribution >= 0.6 is 11.6 Å². The molecule has 3 heterocycles. The molecular weight excluding hydrogens is 482 g/mol. The van der Waals surface area contributed by atoms with E-state index >= 15 is 0 Å². The Balaban J connectivity index is 1.48. The number of carboxylic acid groups (broad SMARTS) is 1. The zero-order valence-electron chi connectivity index (χ0n) is 20.6. The Labute approximate surface area is 215 Å². The van der Waals surface area contributed by atoms with E-state index in [0.29, 0.717) is 35.6 Å². The Kier molecular flexibility index (Phi) is 6.90. The standard InChI is InChI=1S/C25H32ClN7O3/c1-25(10-12-36-13-11-25)31-22-27-15-20-21(30-22)33(19-8-6-18(7-9-19)32(2)24(34)35)23(29-20)28-17-5-3-4-16(26)14-17/h3-5,14-15,18-19H,6-13H2,1-2H3,(H,28,29)(H,34,35)(H,27,30,31)/t18-,19-. The van der Waals surface area contributed by atoms with Gasteiger partial charge < -0.3 is 25.4 Å². The molecule has 1 saturated heterocycles. The molecule has 2 fully saturated rings. The van der Waals surface area contributed by atoms with Crippen LogP contribution in [0.1, 0.15) is 51.5 Å². The summed E-state index contributed by atoms with van der Waals surface area (Å²) in [5, 5.41) is 17.0. The Morgan fingerprint density at radius 1 is 1.22 bits per heavy atom. The zero-order valence-corrected chi connectivity index (χ0v) is 21.3. The van der Waals surface area contributed by atoms with Crippen molar-refractivity contribution in [2.24, 2.45) is 0 Å². The molecule has 2 aliphatic rings. The Morgan fingerprint density at radius 2 is 1.97 bits per heavy atom. The van der Waals surface area contributed by atoms with E-state index in [1.807, 2.05) is 24.3 Å². The van der Waals surface area contributed by atoms with Crippen LogP contribution in [-0.4, -0.2) is 67.5 Å². The number of imidazole rings is 1. The van der Waals surface area contributed by atoms with E-state index in [-0.39, 0.29) is 17.6 Å². The molecular formula is C25H32ClN7O3. The van der Waals surface area contributed by atoms with Gasteiger partial charge >= 0.3 is 6.09 Å². The van der Waals surface area contributed by atoms with E-state index in [4.69, 9.17) is 26.3 Å². The third kappa shape index (κ3) is 5.19. The predicted octanol–water partition coefficient (Wildman–Crippen LogP) is 5.30. The Hall–Kier alpha value is -3.11. The van der Waals surface area contributed by atoms with Crippen LogP contribution in [0.2, 0.25) is 5.02 Å². The lowest BCUT2D eigenvalue weighted by molar-refractivity contribution is 0.0656. The van der Waals surface area contributed by atoms with Gasteiger partial charge in [0.1, 0.15) is 5.52 Å². The summed E-state index contributed by atoms with van der Waals surface area (Å²) in [5.41, 5.74) is 2.16. The van der Waals surface area contributed by atoms with Gasteiger partial charge in [-0.05, 0) is 63.6 Å². The summed E-state index contributed by atoms with van der Waals surface area (Å²) < 4.78 is 7.67. The van der Waals surface area contributed by atoms with E-state index in [1.54, 1.807) is 13.2 Å². The fraction of sp³-hybridized carbons (Fsp3) is 0.520. The second kappa shape index (κ2) is 10.1.